The molecule has 2 saturated carbocycles. The van der Waals surface area contributed by atoms with E-state index in [4.69, 9.17) is 5.11 Å². The molecular formula is C10H15NO5. The molecule has 0 amide bonds. The highest BCUT2D eigenvalue weighted by Crippen LogP contribution is 2.53. The van der Waals surface area contributed by atoms with Gasteiger partial charge in [0, 0.05) is 0 Å². The summed E-state index contributed by atoms with van der Waals surface area (Å²) in [5.41, 5.74) is 0.132. The first-order valence-corrected chi connectivity index (χ1v) is 5.55. The summed E-state index contributed by atoms with van der Waals surface area (Å²) in [6, 6.07) is 0. The molecule has 90 valence electrons. The minimum Gasteiger partial charge on any atom is -0.481 e. The number of carbonyl (C=O) groups is 1. The number of carboxylic acids is 1. The van der Waals surface area contributed by atoms with Crippen LogP contribution in [0.15, 0.2) is 0 Å². The van der Waals surface area contributed by atoms with Crippen LogP contribution in [0, 0.1) is 21.4 Å². The molecule has 0 bridgehead atoms. The van der Waals surface area contributed by atoms with E-state index in [9.17, 15) is 14.9 Å². The summed E-state index contributed by atoms with van der Waals surface area (Å²) >= 11 is 0. The van der Waals surface area contributed by atoms with Gasteiger partial charge in [-0.15, -0.1) is 10.1 Å². The standard InChI is InChI=1S/C10H15NO5/c12-9(13)7-1-3-10(4-2-7)5-8(6-10)16-11(14)15/h7-8H,1-6H2,(H,12,13). The maximum Gasteiger partial charge on any atom is 0.306 e. The highest BCUT2D eigenvalue weighted by molar-refractivity contribution is 5.70. The summed E-state index contributed by atoms with van der Waals surface area (Å²) < 4.78 is 0. The van der Waals surface area contributed by atoms with E-state index in [0.29, 0.717) is 25.7 Å². The summed E-state index contributed by atoms with van der Waals surface area (Å²) in [7, 11) is 0. The van der Waals surface area contributed by atoms with Crippen LogP contribution in [0.4, 0.5) is 0 Å². The van der Waals surface area contributed by atoms with Gasteiger partial charge in [-0.2, -0.15) is 0 Å². The topological polar surface area (TPSA) is 89.7 Å². The number of hydrogen-bond acceptors (Lipinski definition) is 4. The molecule has 0 aromatic rings. The summed E-state index contributed by atoms with van der Waals surface area (Å²) in [6.07, 6.45) is 4.27. The Bertz CT molecular complexity index is 293. The monoisotopic (exact) mass is 229 g/mol. The first-order chi connectivity index (χ1) is 7.51. The van der Waals surface area contributed by atoms with Crippen molar-refractivity contribution in [3.8, 4) is 0 Å². The third-order valence-corrected chi connectivity index (χ3v) is 3.95. The van der Waals surface area contributed by atoms with Crippen LogP contribution in [0.1, 0.15) is 38.5 Å². The van der Waals surface area contributed by atoms with E-state index in [1.54, 1.807) is 0 Å². The van der Waals surface area contributed by atoms with Gasteiger partial charge in [0.15, 0.2) is 0 Å². The Kier molecular flexibility index (Phi) is 2.73. The molecule has 0 aromatic carbocycles. The summed E-state index contributed by atoms with van der Waals surface area (Å²) in [5.74, 6) is -0.937. The van der Waals surface area contributed by atoms with Crippen LogP contribution in [-0.2, 0) is 9.63 Å². The second-order valence-electron chi connectivity index (χ2n) is 4.97. The van der Waals surface area contributed by atoms with Crippen molar-refractivity contribution >= 4 is 5.97 Å². The SMILES string of the molecule is O=C(O)C1CCC2(CC1)CC(O[N+](=O)[O-])C2. The first-order valence-electron chi connectivity index (χ1n) is 5.55. The molecular weight excluding hydrogens is 214 g/mol. The van der Waals surface area contributed by atoms with Gasteiger partial charge in [-0.1, -0.05) is 0 Å². The number of nitrogens with zero attached hydrogens (tertiary/aromatic N) is 1. The Morgan fingerprint density at radius 1 is 1.38 bits per heavy atom. The maximum atomic E-state index is 10.8. The van der Waals surface area contributed by atoms with Gasteiger partial charge in [-0.05, 0) is 43.9 Å². The molecule has 2 aliphatic carbocycles. The highest BCUT2D eigenvalue weighted by atomic mass is 17.0. The van der Waals surface area contributed by atoms with Gasteiger partial charge >= 0.3 is 5.97 Å². The molecule has 2 rings (SSSR count). The van der Waals surface area contributed by atoms with Gasteiger partial charge in [0.2, 0.25) is 0 Å². The third kappa shape index (κ3) is 2.10. The Morgan fingerprint density at radius 2 is 1.94 bits per heavy atom. The van der Waals surface area contributed by atoms with Crippen LogP contribution in [-0.4, -0.2) is 22.3 Å². The Hall–Kier alpha value is -1.33. The molecule has 6 heteroatoms. The molecule has 0 aliphatic heterocycles. The van der Waals surface area contributed by atoms with E-state index in [1.807, 2.05) is 0 Å². The van der Waals surface area contributed by atoms with E-state index in [2.05, 4.69) is 4.84 Å². The second kappa shape index (κ2) is 3.92. The molecule has 0 radical (unpaired) electrons. The Morgan fingerprint density at radius 3 is 2.38 bits per heavy atom. The van der Waals surface area contributed by atoms with Crippen molar-refractivity contribution < 1.29 is 19.8 Å². The molecule has 0 saturated heterocycles. The smallest absolute Gasteiger partial charge is 0.306 e. The Labute approximate surface area is 92.7 Å². The van der Waals surface area contributed by atoms with Crippen LogP contribution in [0.2, 0.25) is 0 Å². The molecule has 1 spiro atoms. The number of hydrogen-bond donors (Lipinski definition) is 1. The van der Waals surface area contributed by atoms with Crippen LogP contribution in [0.3, 0.4) is 0 Å². The summed E-state index contributed by atoms with van der Waals surface area (Å²) in [5, 5.41) is 18.2. The van der Waals surface area contributed by atoms with Crippen LogP contribution in [0.5, 0.6) is 0 Å². The predicted octanol–water partition coefficient (Wildman–Crippen LogP) is 1.62. The number of rotatable bonds is 3. The minimum atomic E-state index is -0.736. The van der Waals surface area contributed by atoms with Crippen molar-refractivity contribution in [2.45, 2.75) is 44.6 Å². The van der Waals surface area contributed by atoms with E-state index < -0.39 is 11.1 Å². The zero-order chi connectivity index (χ0) is 11.8. The van der Waals surface area contributed by atoms with Crippen molar-refractivity contribution in [2.24, 2.45) is 11.3 Å². The normalized spacial score (nSPS) is 37.8. The van der Waals surface area contributed by atoms with Crippen LogP contribution >= 0.6 is 0 Å². The van der Waals surface area contributed by atoms with Gasteiger partial charge in [-0.25, -0.2) is 0 Å². The van der Waals surface area contributed by atoms with Crippen molar-refractivity contribution in [1.82, 2.24) is 0 Å². The number of carboxylic acid groups (broad SMARTS) is 1. The largest absolute Gasteiger partial charge is 0.481 e. The molecule has 6 nitrogen and oxygen atoms in total. The lowest BCUT2D eigenvalue weighted by Crippen LogP contribution is -2.46. The fourth-order valence-electron chi connectivity index (χ4n) is 2.99. The van der Waals surface area contributed by atoms with E-state index in [0.717, 1.165) is 12.8 Å². The molecule has 0 atom stereocenters. The third-order valence-electron chi connectivity index (χ3n) is 3.95. The minimum absolute atomic E-state index is 0.132. The van der Waals surface area contributed by atoms with Gasteiger partial charge in [0.05, 0.1) is 5.92 Å². The van der Waals surface area contributed by atoms with Gasteiger partial charge in [-0.3, -0.25) is 4.79 Å². The molecule has 0 aromatic heterocycles. The second-order valence-corrected chi connectivity index (χ2v) is 4.97. The summed E-state index contributed by atoms with van der Waals surface area (Å²) in [4.78, 5) is 25.4. The highest BCUT2D eigenvalue weighted by Gasteiger charge is 2.48. The number of aliphatic carboxylic acids is 1. The molecule has 1 N–H and O–H groups in total. The average molecular weight is 229 g/mol. The zero-order valence-corrected chi connectivity index (χ0v) is 8.92. The first kappa shape index (κ1) is 11.2. The van der Waals surface area contributed by atoms with Gasteiger partial charge in [0.1, 0.15) is 6.10 Å². The predicted molar refractivity (Wildman–Crippen MR) is 53.1 cm³/mol. The quantitative estimate of drug-likeness (QED) is 0.586. The molecule has 0 heterocycles. The van der Waals surface area contributed by atoms with Crippen LogP contribution in [0.25, 0.3) is 0 Å². The average Bonchev–Trinajstić information content (AvgIpc) is 2.15. The fourth-order valence-corrected chi connectivity index (χ4v) is 2.99. The molecule has 2 aliphatic rings. The molecule has 16 heavy (non-hydrogen) atoms. The Balaban J connectivity index is 1.78. The molecule has 2 fully saturated rings. The van der Waals surface area contributed by atoms with Crippen molar-refractivity contribution in [2.75, 3.05) is 0 Å². The summed E-state index contributed by atoms with van der Waals surface area (Å²) in [6.45, 7) is 0. The van der Waals surface area contributed by atoms with E-state index in [-0.39, 0.29) is 17.4 Å². The molecule has 0 unspecified atom stereocenters. The van der Waals surface area contributed by atoms with Gasteiger partial charge < -0.3 is 9.94 Å². The van der Waals surface area contributed by atoms with Crippen molar-refractivity contribution in [3.63, 3.8) is 0 Å². The van der Waals surface area contributed by atoms with E-state index >= 15 is 0 Å². The van der Waals surface area contributed by atoms with Crippen molar-refractivity contribution in [1.29, 1.82) is 0 Å². The van der Waals surface area contributed by atoms with Gasteiger partial charge in [0.25, 0.3) is 5.09 Å². The zero-order valence-electron chi connectivity index (χ0n) is 8.92. The fraction of sp³-hybridized carbons (Fsp3) is 0.900. The van der Waals surface area contributed by atoms with Crippen molar-refractivity contribution in [3.05, 3.63) is 10.1 Å². The lowest BCUT2D eigenvalue weighted by atomic mass is 9.58. The van der Waals surface area contributed by atoms with E-state index in [1.165, 1.54) is 0 Å². The lowest BCUT2D eigenvalue weighted by Gasteiger charge is -2.49. The maximum absolute atomic E-state index is 10.8. The lowest BCUT2D eigenvalue weighted by molar-refractivity contribution is -0.773. The van der Waals surface area contributed by atoms with Crippen LogP contribution < -0.4 is 0 Å².